The summed E-state index contributed by atoms with van der Waals surface area (Å²) < 4.78 is 1.95. The number of aromatic nitrogens is 1. The van der Waals surface area contributed by atoms with Gasteiger partial charge in [0.2, 0.25) is 11.7 Å². The molecule has 1 N–H and O–H groups in total. The molecule has 0 atom stereocenters. The van der Waals surface area contributed by atoms with Crippen molar-refractivity contribution >= 4 is 29.0 Å². The average Bonchev–Trinajstić information content (AvgIpc) is 2.90. The molecule has 1 amide bonds. The molecule has 0 spiro atoms. The highest BCUT2D eigenvalue weighted by Crippen LogP contribution is 2.22. The van der Waals surface area contributed by atoms with Gasteiger partial charge in [-0.3, -0.25) is 9.59 Å². The fourth-order valence-electron chi connectivity index (χ4n) is 3.18. The summed E-state index contributed by atoms with van der Waals surface area (Å²) in [7, 11) is 1.91. The summed E-state index contributed by atoms with van der Waals surface area (Å²) >= 11 is 5.92. The molecule has 3 aromatic rings. The van der Waals surface area contributed by atoms with E-state index in [1.807, 2.05) is 48.9 Å². The van der Waals surface area contributed by atoms with Crippen molar-refractivity contribution in [2.75, 3.05) is 5.32 Å². The first-order valence-electron chi connectivity index (χ1n) is 8.67. The largest absolute Gasteiger partial charge is 0.344 e. The first kappa shape index (κ1) is 18.9. The van der Waals surface area contributed by atoms with Gasteiger partial charge in [-0.15, -0.1) is 0 Å². The van der Waals surface area contributed by atoms with Crippen LogP contribution in [-0.4, -0.2) is 16.3 Å². The molecule has 0 bridgehead atoms. The number of carbonyl (C=O) groups excluding carboxylic acids is 2. The standard InChI is InChI=1S/C22H21ClN2O2/c1-14-12-20(13-16-4-10-19(11-5-16)24-15(2)26)25(3)21(14)22(27)17-6-8-18(23)9-7-17/h4-12H,13H2,1-3H3,(H,24,26). The van der Waals surface area contributed by atoms with Crippen LogP contribution in [0.15, 0.2) is 54.6 Å². The number of nitrogens with one attached hydrogen (secondary N) is 1. The molecule has 1 aromatic heterocycles. The lowest BCUT2D eigenvalue weighted by atomic mass is 10.1. The number of carbonyl (C=O) groups is 2. The van der Waals surface area contributed by atoms with Crippen LogP contribution in [-0.2, 0) is 18.3 Å². The topological polar surface area (TPSA) is 51.1 Å². The first-order chi connectivity index (χ1) is 12.8. The van der Waals surface area contributed by atoms with Crippen molar-refractivity contribution in [3.8, 4) is 0 Å². The van der Waals surface area contributed by atoms with Gasteiger partial charge < -0.3 is 9.88 Å². The minimum absolute atomic E-state index is 0.0149. The molecule has 1 heterocycles. The maximum absolute atomic E-state index is 12.9. The molecule has 0 radical (unpaired) electrons. The fraction of sp³-hybridized carbons (Fsp3) is 0.182. The molecule has 0 aliphatic carbocycles. The third-order valence-corrected chi connectivity index (χ3v) is 4.76. The summed E-state index contributed by atoms with van der Waals surface area (Å²) in [6, 6.07) is 16.7. The monoisotopic (exact) mass is 380 g/mol. The quantitative estimate of drug-likeness (QED) is 0.648. The number of halogens is 1. The van der Waals surface area contributed by atoms with Crippen LogP contribution in [0.25, 0.3) is 0 Å². The van der Waals surface area contributed by atoms with Crippen LogP contribution in [0, 0.1) is 6.92 Å². The van der Waals surface area contributed by atoms with E-state index < -0.39 is 0 Å². The number of anilines is 1. The van der Waals surface area contributed by atoms with E-state index in [0.29, 0.717) is 22.7 Å². The van der Waals surface area contributed by atoms with Gasteiger partial charge in [-0.25, -0.2) is 0 Å². The summed E-state index contributed by atoms with van der Waals surface area (Å²) in [5, 5.41) is 3.37. The predicted octanol–water partition coefficient (Wildman–Crippen LogP) is 4.77. The van der Waals surface area contributed by atoms with E-state index in [9.17, 15) is 9.59 Å². The Morgan fingerprint density at radius 3 is 2.26 bits per heavy atom. The Morgan fingerprint density at radius 2 is 1.67 bits per heavy atom. The molecule has 0 fully saturated rings. The molecule has 0 aliphatic heterocycles. The minimum Gasteiger partial charge on any atom is -0.344 e. The van der Waals surface area contributed by atoms with Crippen molar-refractivity contribution in [2.24, 2.45) is 7.05 Å². The summed E-state index contributed by atoms with van der Waals surface area (Å²) in [4.78, 5) is 24.0. The number of aryl methyl sites for hydroxylation is 1. The Morgan fingerprint density at radius 1 is 1.04 bits per heavy atom. The molecule has 5 heteroatoms. The van der Waals surface area contributed by atoms with E-state index in [2.05, 4.69) is 5.32 Å². The molecule has 27 heavy (non-hydrogen) atoms. The van der Waals surface area contributed by atoms with E-state index in [0.717, 1.165) is 22.5 Å². The zero-order valence-electron chi connectivity index (χ0n) is 15.5. The summed E-state index contributed by atoms with van der Waals surface area (Å²) in [6.45, 7) is 3.44. The van der Waals surface area contributed by atoms with Gasteiger partial charge in [-0.05, 0) is 60.5 Å². The van der Waals surface area contributed by atoms with Crippen molar-refractivity contribution in [2.45, 2.75) is 20.3 Å². The normalized spacial score (nSPS) is 10.7. The first-order valence-corrected chi connectivity index (χ1v) is 9.05. The number of benzene rings is 2. The van der Waals surface area contributed by atoms with E-state index in [4.69, 9.17) is 11.6 Å². The zero-order chi connectivity index (χ0) is 19.6. The number of amides is 1. The van der Waals surface area contributed by atoms with E-state index >= 15 is 0 Å². The number of hydrogen-bond acceptors (Lipinski definition) is 2. The third kappa shape index (κ3) is 4.29. The van der Waals surface area contributed by atoms with Gasteiger partial charge in [0.25, 0.3) is 0 Å². The second kappa shape index (κ2) is 7.80. The van der Waals surface area contributed by atoms with Crippen LogP contribution in [0.3, 0.4) is 0 Å². The van der Waals surface area contributed by atoms with Crippen LogP contribution in [0.2, 0.25) is 5.02 Å². The average molecular weight is 381 g/mol. The Kier molecular flexibility index (Phi) is 5.47. The molecule has 138 valence electrons. The maximum Gasteiger partial charge on any atom is 0.221 e. The maximum atomic E-state index is 12.9. The molecule has 3 rings (SSSR count). The van der Waals surface area contributed by atoms with E-state index in [-0.39, 0.29) is 11.7 Å². The number of hydrogen-bond donors (Lipinski definition) is 1. The van der Waals surface area contributed by atoms with E-state index in [1.165, 1.54) is 6.92 Å². The van der Waals surface area contributed by atoms with Gasteiger partial charge in [-0.2, -0.15) is 0 Å². The fourth-order valence-corrected chi connectivity index (χ4v) is 3.31. The SMILES string of the molecule is CC(=O)Nc1ccc(Cc2cc(C)c(C(=O)c3ccc(Cl)cc3)n2C)cc1. The highest BCUT2D eigenvalue weighted by atomic mass is 35.5. The van der Waals surface area contributed by atoms with Crippen molar-refractivity contribution in [1.82, 2.24) is 4.57 Å². The molecule has 0 saturated heterocycles. The van der Waals surface area contributed by atoms with Crippen LogP contribution in [0.1, 0.15) is 39.8 Å². The number of rotatable bonds is 5. The van der Waals surface area contributed by atoms with Crippen LogP contribution in [0.5, 0.6) is 0 Å². The minimum atomic E-state index is -0.0915. The van der Waals surface area contributed by atoms with Crippen molar-refractivity contribution < 1.29 is 9.59 Å². The smallest absolute Gasteiger partial charge is 0.221 e. The summed E-state index contributed by atoms with van der Waals surface area (Å²) in [5.74, 6) is -0.106. The molecular weight excluding hydrogens is 360 g/mol. The Hall–Kier alpha value is -2.85. The van der Waals surface area contributed by atoms with Crippen LogP contribution >= 0.6 is 11.6 Å². The van der Waals surface area contributed by atoms with Crippen molar-refractivity contribution in [1.29, 1.82) is 0 Å². The Labute approximate surface area is 163 Å². The molecule has 0 aliphatic rings. The van der Waals surface area contributed by atoms with Gasteiger partial charge in [0.1, 0.15) is 0 Å². The van der Waals surface area contributed by atoms with Gasteiger partial charge in [0, 0.05) is 42.4 Å². The molecular formula is C22H21ClN2O2. The molecule has 0 saturated carbocycles. The predicted molar refractivity (Wildman–Crippen MR) is 109 cm³/mol. The van der Waals surface area contributed by atoms with Gasteiger partial charge >= 0.3 is 0 Å². The Balaban J connectivity index is 1.84. The lowest BCUT2D eigenvalue weighted by molar-refractivity contribution is -0.114. The van der Waals surface area contributed by atoms with Crippen molar-refractivity contribution in [3.05, 3.63) is 87.7 Å². The summed E-state index contributed by atoms with van der Waals surface area (Å²) in [6.07, 6.45) is 0.700. The lowest BCUT2D eigenvalue weighted by Gasteiger charge is -2.09. The van der Waals surface area contributed by atoms with Gasteiger partial charge in [-0.1, -0.05) is 23.7 Å². The second-order valence-corrected chi connectivity index (χ2v) is 7.05. The van der Waals surface area contributed by atoms with Gasteiger partial charge in [0.05, 0.1) is 5.69 Å². The molecule has 4 nitrogen and oxygen atoms in total. The summed E-state index contributed by atoms with van der Waals surface area (Å²) in [5.41, 5.74) is 5.18. The van der Waals surface area contributed by atoms with Gasteiger partial charge in [0.15, 0.2) is 0 Å². The zero-order valence-corrected chi connectivity index (χ0v) is 16.3. The van der Waals surface area contributed by atoms with Crippen LogP contribution in [0.4, 0.5) is 5.69 Å². The second-order valence-electron chi connectivity index (χ2n) is 6.62. The number of ketones is 1. The number of nitrogens with zero attached hydrogens (tertiary/aromatic N) is 1. The van der Waals surface area contributed by atoms with Crippen LogP contribution < -0.4 is 5.32 Å². The highest BCUT2D eigenvalue weighted by Gasteiger charge is 2.18. The highest BCUT2D eigenvalue weighted by molar-refractivity contribution is 6.30. The van der Waals surface area contributed by atoms with Crippen molar-refractivity contribution in [3.63, 3.8) is 0 Å². The third-order valence-electron chi connectivity index (χ3n) is 4.50. The molecule has 0 unspecified atom stereocenters. The molecule has 2 aromatic carbocycles. The Bertz CT molecular complexity index is 986. The van der Waals surface area contributed by atoms with E-state index in [1.54, 1.807) is 24.3 Å². The lowest BCUT2D eigenvalue weighted by Crippen LogP contribution is -2.10.